The van der Waals surface area contributed by atoms with Crippen molar-refractivity contribution in [3.8, 4) is 17.6 Å². The first-order valence-electron chi connectivity index (χ1n) is 8.17. The summed E-state index contributed by atoms with van der Waals surface area (Å²) in [4.78, 5) is 0.253. The maximum absolute atomic E-state index is 13.0. The van der Waals surface area contributed by atoms with E-state index >= 15 is 0 Å². The summed E-state index contributed by atoms with van der Waals surface area (Å²) in [5, 5.41) is 0. The van der Waals surface area contributed by atoms with Crippen LogP contribution in [0.4, 0.5) is 0 Å². The highest BCUT2D eigenvalue weighted by Gasteiger charge is 2.24. The van der Waals surface area contributed by atoms with Crippen LogP contribution in [0, 0.1) is 18.8 Å². The molecule has 0 aliphatic rings. The van der Waals surface area contributed by atoms with E-state index in [1.54, 1.807) is 38.3 Å². The van der Waals surface area contributed by atoms with E-state index in [1.807, 2.05) is 31.2 Å². The van der Waals surface area contributed by atoms with Crippen LogP contribution in [0.1, 0.15) is 18.1 Å². The molecule has 0 radical (unpaired) electrons. The molecule has 5 heteroatoms. The molecule has 2 rings (SSSR count). The maximum atomic E-state index is 13.0. The van der Waals surface area contributed by atoms with Crippen molar-refractivity contribution in [1.82, 2.24) is 4.31 Å². The fourth-order valence-electron chi connectivity index (χ4n) is 2.38. The molecule has 0 unspecified atom stereocenters. The minimum atomic E-state index is -3.66. The summed E-state index contributed by atoms with van der Waals surface area (Å²) in [5.41, 5.74) is 2.56. The minimum absolute atomic E-state index is 0.113. The van der Waals surface area contributed by atoms with E-state index in [0.29, 0.717) is 5.57 Å². The number of ether oxygens (including phenoxy) is 1. The van der Waals surface area contributed by atoms with Gasteiger partial charge < -0.3 is 4.74 Å². The smallest absolute Gasteiger partial charge is 0.244 e. The zero-order chi connectivity index (χ0) is 19.2. The van der Waals surface area contributed by atoms with Crippen LogP contribution in [0.2, 0.25) is 0 Å². The topological polar surface area (TPSA) is 46.6 Å². The minimum Gasteiger partial charge on any atom is -0.497 e. The Hall–Kier alpha value is -2.55. The Bertz CT molecular complexity index is 918. The number of rotatable bonds is 7. The summed E-state index contributed by atoms with van der Waals surface area (Å²) in [5.74, 6) is 6.34. The number of aryl methyl sites for hydroxylation is 1. The second-order valence-electron chi connectivity index (χ2n) is 5.84. The van der Waals surface area contributed by atoms with E-state index < -0.39 is 10.0 Å². The predicted octanol–water partition coefficient (Wildman–Crippen LogP) is 3.73. The fourth-order valence-corrected chi connectivity index (χ4v) is 3.72. The third kappa shape index (κ3) is 4.75. The van der Waals surface area contributed by atoms with Crippen LogP contribution in [0.25, 0.3) is 5.57 Å². The van der Waals surface area contributed by atoms with Crippen molar-refractivity contribution < 1.29 is 13.2 Å². The normalized spacial score (nSPS) is 10.9. The van der Waals surface area contributed by atoms with Gasteiger partial charge in [-0.25, -0.2) is 8.42 Å². The van der Waals surface area contributed by atoms with Crippen molar-refractivity contribution in [2.24, 2.45) is 0 Å². The Morgan fingerprint density at radius 3 is 2.27 bits per heavy atom. The second-order valence-corrected chi connectivity index (χ2v) is 7.78. The molecule has 0 aliphatic carbocycles. The van der Waals surface area contributed by atoms with E-state index in [-0.39, 0.29) is 18.0 Å². The molecule has 136 valence electrons. The number of nitrogens with zero attached hydrogens (tertiary/aromatic N) is 1. The zero-order valence-corrected chi connectivity index (χ0v) is 16.1. The van der Waals surface area contributed by atoms with E-state index in [4.69, 9.17) is 4.74 Å². The fraction of sp³-hybridized carbons (Fsp3) is 0.238. The first-order chi connectivity index (χ1) is 12.4. The molecule has 0 atom stereocenters. The number of sulfonamides is 1. The highest BCUT2D eigenvalue weighted by molar-refractivity contribution is 7.89. The number of methoxy groups -OCH3 is 1. The standard InChI is InChI=1S/C21H23NO3S/c1-5-6-15-22(26(23,24)21-13-7-17(2)8-14-21)16-18(3)19-9-11-20(25-4)12-10-19/h7-14H,3,15-16H2,1-2,4H3. The molecule has 0 heterocycles. The summed E-state index contributed by atoms with van der Waals surface area (Å²) in [7, 11) is -2.06. The van der Waals surface area contributed by atoms with Crippen LogP contribution < -0.4 is 4.74 Å². The summed E-state index contributed by atoms with van der Waals surface area (Å²) in [6.07, 6.45) is 0. The third-order valence-corrected chi connectivity index (χ3v) is 5.76. The van der Waals surface area contributed by atoms with Gasteiger partial charge in [-0.3, -0.25) is 0 Å². The van der Waals surface area contributed by atoms with Crippen molar-refractivity contribution in [2.75, 3.05) is 20.2 Å². The van der Waals surface area contributed by atoms with Crippen LogP contribution in [-0.2, 0) is 10.0 Å². The van der Waals surface area contributed by atoms with Gasteiger partial charge in [0.05, 0.1) is 18.6 Å². The molecule has 0 bridgehead atoms. The van der Waals surface area contributed by atoms with E-state index in [9.17, 15) is 8.42 Å². The third-order valence-electron chi connectivity index (χ3n) is 3.96. The molecule has 0 N–H and O–H groups in total. The van der Waals surface area contributed by atoms with E-state index in [0.717, 1.165) is 16.9 Å². The highest BCUT2D eigenvalue weighted by atomic mass is 32.2. The lowest BCUT2D eigenvalue weighted by atomic mass is 10.1. The first-order valence-corrected chi connectivity index (χ1v) is 9.61. The lowest BCUT2D eigenvalue weighted by molar-refractivity contribution is 0.414. The van der Waals surface area contributed by atoms with Gasteiger partial charge in [0.2, 0.25) is 10.0 Å². The van der Waals surface area contributed by atoms with E-state index in [1.165, 1.54) is 4.31 Å². The quantitative estimate of drug-likeness (QED) is 0.699. The molecule has 0 saturated heterocycles. The molecular formula is C21H23NO3S. The first kappa shape index (κ1) is 19.8. The molecular weight excluding hydrogens is 346 g/mol. The molecule has 0 aliphatic heterocycles. The molecule has 4 nitrogen and oxygen atoms in total. The summed E-state index contributed by atoms with van der Waals surface area (Å²) in [6.45, 7) is 7.94. The Kier molecular flexibility index (Phi) is 6.62. The zero-order valence-electron chi connectivity index (χ0n) is 15.3. The van der Waals surface area contributed by atoms with Crippen LogP contribution in [0.15, 0.2) is 60.0 Å². The largest absolute Gasteiger partial charge is 0.497 e. The average molecular weight is 369 g/mol. The number of hydrogen-bond acceptors (Lipinski definition) is 3. The number of hydrogen-bond donors (Lipinski definition) is 0. The molecule has 0 fully saturated rings. The Morgan fingerprint density at radius 1 is 1.12 bits per heavy atom. The molecule has 0 spiro atoms. The van der Waals surface area contributed by atoms with Crippen LogP contribution >= 0.6 is 0 Å². The van der Waals surface area contributed by atoms with Gasteiger partial charge in [0.1, 0.15) is 5.75 Å². The van der Waals surface area contributed by atoms with Gasteiger partial charge in [0.15, 0.2) is 0 Å². The Labute approximate surface area is 156 Å². The maximum Gasteiger partial charge on any atom is 0.244 e. The van der Waals surface area contributed by atoms with Gasteiger partial charge in [-0.2, -0.15) is 4.31 Å². The van der Waals surface area contributed by atoms with Crippen molar-refractivity contribution >= 4 is 15.6 Å². The van der Waals surface area contributed by atoms with Crippen molar-refractivity contribution in [2.45, 2.75) is 18.7 Å². The van der Waals surface area contributed by atoms with Crippen molar-refractivity contribution in [1.29, 1.82) is 0 Å². The molecule has 26 heavy (non-hydrogen) atoms. The molecule has 2 aromatic carbocycles. The van der Waals surface area contributed by atoms with Gasteiger partial charge in [0, 0.05) is 6.54 Å². The molecule has 0 saturated carbocycles. The molecule has 0 amide bonds. The second kappa shape index (κ2) is 8.70. The van der Waals surface area contributed by atoms with Gasteiger partial charge in [-0.05, 0) is 49.2 Å². The molecule has 0 aromatic heterocycles. The van der Waals surface area contributed by atoms with Gasteiger partial charge >= 0.3 is 0 Å². The number of benzene rings is 2. The lowest BCUT2D eigenvalue weighted by Crippen LogP contribution is -2.33. The van der Waals surface area contributed by atoms with Gasteiger partial charge in [-0.15, -0.1) is 5.92 Å². The average Bonchev–Trinajstić information content (AvgIpc) is 2.65. The monoisotopic (exact) mass is 369 g/mol. The van der Waals surface area contributed by atoms with Crippen molar-refractivity contribution in [3.05, 3.63) is 66.2 Å². The Balaban J connectivity index is 2.29. The van der Waals surface area contributed by atoms with E-state index in [2.05, 4.69) is 18.4 Å². The highest BCUT2D eigenvalue weighted by Crippen LogP contribution is 2.22. The summed E-state index contributed by atoms with van der Waals surface area (Å²) in [6, 6.07) is 14.2. The predicted molar refractivity (Wildman–Crippen MR) is 105 cm³/mol. The van der Waals surface area contributed by atoms with Crippen LogP contribution in [0.5, 0.6) is 5.75 Å². The lowest BCUT2D eigenvalue weighted by Gasteiger charge is -2.21. The van der Waals surface area contributed by atoms with Crippen molar-refractivity contribution in [3.63, 3.8) is 0 Å². The summed E-state index contributed by atoms with van der Waals surface area (Å²) >= 11 is 0. The van der Waals surface area contributed by atoms with Gasteiger partial charge in [-0.1, -0.05) is 42.3 Å². The van der Waals surface area contributed by atoms with Gasteiger partial charge in [0.25, 0.3) is 0 Å². The SMILES string of the molecule is C=C(CN(CC#CC)S(=O)(=O)c1ccc(C)cc1)c1ccc(OC)cc1. The summed E-state index contributed by atoms with van der Waals surface area (Å²) < 4.78 is 32.5. The van der Waals surface area contributed by atoms with Crippen LogP contribution in [-0.4, -0.2) is 32.9 Å². The van der Waals surface area contributed by atoms with Crippen LogP contribution in [0.3, 0.4) is 0 Å². The Morgan fingerprint density at radius 2 is 1.73 bits per heavy atom. The molecule has 2 aromatic rings.